The summed E-state index contributed by atoms with van der Waals surface area (Å²) in [5, 5.41) is 0. The third-order valence-corrected chi connectivity index (χ3v) is 4.19. The maximum atomic E-state index is 2.55. The van der Waals surface area contributed by atoms with Gasteiger partial charge in [0, 0.05) is 13.1 Å². The Morgan fingerprint density at radius 2 is 1.80 bits per heavy atom. The Bertz CT molecular complexity index is 185. The Labute approximate surface area is 97.8 Å². The van der Waals surface area contributed by atoms with Crippen LogP contribution in [0.5, 0.6) is 0 Å². The van der Waals surface area contributed by atoms with Crippen LogP contribution in [0.3, 0.4) is 0 Å². The van der Waals surface area contributed by atoms with E-state index in [1.54, 1.807) is 0 Å². The highest BCUT2D eigenvalue weighted by molar-refractivity contribution is 7.36. The lowest BCUT2D eigenvalue weighted by atomic mass is 9.79. The largest absolute Gasteiger partial charge is 0.306 e. The maximum absolute atomic E-state index is 2.55. The van der Waals surface area contributed by atoms with Crippen LogP contribution in [0.1, 0.15) is 33.6 Å². The Kier molecular flexibility index (Phi) is 5.06. The smallest absolute Gasteiger partial charge is 0.00101 e. The second-order valence-corrected chi connectivity index (χ2v) is 7.63. The molecule has 0 aromatic rings. The van der Waals surface area contributed by atoms with Gasteiger partial charge in [0.2, 0.25) is 0 Å². The molecule has 0 amide bonds. The molecule has 1 rings (SSSR count). The Balaban J connectivity index is 2.44. The lowest BCUT2D eigenvalue weighted by Crippen LogP contribution is -2.39. The van der Waals surface area contributed by atoms with Gasteiger partial charge in [-0.3, -0.25) is 0 Å². The molecule has 1 nitrogen and oxygen atoms in total. The van der Waals surface area contributed by atoms with Crippen molar-refractivity contribution in [1.82, 2.24) is 4.90 Å². The maximum Gasteiger partial charge on any atom is 0.00101 e. The van der Waals surface area contributed by atoms with Crippen LogP contribution in [0.15, 0.2) is 0 Å². The van der Waals surface area contributed by atoms with E-state index in [4.69, 9.17) is 0 Å². The first-order valence-corrected chi connectivity index (χ1v) is 7.94. The summed E-state index contributed by atoms with van der Waals surface area (Å²) in [6.07, 6.45) is 4.31. The molecule has 1 saturated heterocycles. The fourth-order valence-electron chi connectivity index (χ4n) is 3.03. The van der Waals surface area contributed by atoms with Crippen LogP contribution in [0, 0.1) is 17.3 Å². The first-order chi connectivity index (χ1) is 6.90. The molecule has 0 aromatic carbocycles. The van der Waals surface area contributed by atoms with Crippen molar-refractivity contribution in [3.63, 3.8) is 0 Å². The average molecular weight is 229 g/mol. The zero-order chi connectivity index (χ0) is 11.5. The van der Waals surface area contributed by atoms with Crippen molar-refractivity contribution in [1.29, 1.82) is 0 Å². The zero-order valence-electron chi connectivity index (χ0n) is 11.1. The minimum atomic E-state index is 0.502. The normalized spacial score (nSPS) is 30.2. The van der Waals surface area contributed by atoms with E-state index in [9.17, 15) is 0 Å². The van der Waals surface area contributed by atoms with Gasteiger partial charge in [0.25, 0.3) is 0 Å². The third-order valence-electron chi connectivity index (χ3n) is 3.20. The van der Waals surface area contributed by atoms with Crippen LogP contribution >= 0.6 is 8.58 Å². The van der Waals surface area contributed by atoms with Gasteiger partial charge in [0.1, 0.15) is 0 Å². The monoisotopic (exact) mass is 229 g/mol. The van der Waals surface area contributed by atoms with Gasteiger partial charge < -0.3 is 4.90 Å². The molecule has 0 spiro atoms. The predicted molar refractivity (Wildman–Crippen MR) is 72.3 cm³/mol. The Morgan fingerprint density at radius 3 is 2.33 bits per heavy atom. The van der Waals surface area contributed by atoms with E-state index in [0.717, 1.165) is 20.4 Å². The molecule has 2 heteroatoms. The zero-order valence-corrected chi connectivity index (χ0v) is 12.1. The van der Waals surface area contributed by atoms with E-state index < -0.39 is 0 Å². The Hall–Kier alpha value is 0.390. The molecule has 15 heavy (non-hydrogen) atoms. The van der Waals surface area contributed by atoms with Crippen LogP contribution in [0.2, 0.25) is 0 Å². The molecule has 3 atom stereocenters. The van der Waals surface area contributed by atoms with Gasteiger partial charge >= 0.3 is 0 Å². The van der Waals surface area contributed by atoms with E-state index in [0.29, 0.717) is 5.41 Å². The van der Waals surface area contributed by atoms with E-state index in [-0.39, 0.29) is 0 Å². The highest BCUT2D eigenvalue weighted by Crippen LogP contribution is 2.33. The topological polar surface area (TPSA) is 3.24 Å². The fourth-order valence-corrected chi connectivity index (χ4v) is 3.90. The summed E-state index contributed by atoms with van der Waals surface area (Å²) in [7, 11) is 3.42. The van der Waals surface area contributed by atoms with Crippen LogP contribution in [-0.2, 0) is 0 Å². The minimum absolute atomic E-state index is 0.502. The van der Waals surface area contributed by atoms with Crippen molar-refractivity contribution in [2.75, 3.05) is 33.0 Å². The van der Waals surface area contributed by atoms with Crippen molar-refractivity contribution in [2.24, 2.45) is 17.3 Å². The van der Waals surface area contributed by atoms with Crippen molar-refractivity contribution in [2.45, 2.75) is 33.6 Å². The van der Waals surface area contributed by atoms with Crippen molar-refractivity contribution < 1.29 is 0 Å². The lowest BCUT2D eigenvalue weighted by Gasteiger charge is -2.38. The van der Waals surface area contributed by atoms with Gasteiger partial charge in [0.15, 0.2) is 0 Å². The van der Waals surface area contributed by atoms with Gasteiger partial charge in [-0.15, -0.1) is 8.58 Å². The summed E-state index contributed by atoms with van der Waals surface area (Å²) in [5.74, 6) is 1.91. The molecule has 3 unspecified atom stereocenters. The number of likely N-dealkylation sites (tertiary alicyclic amines) is 1. The fraction of sp³-hybridized carbons (Fsp3) is 1.00. The molecule has 90 valence electrons. The molecular formula is C13H28NP. The summed E-state index contributed by atoms with van der Waals surface area (Å²) in [6.45, 7) is 12.1. The highest BCUT2D eigenvalue weighted by Gasteiger charge is 2.27. The standard InChI is InChI=1S/C13H28NP/c1-13(2,3)7-11-6-12(10-15-5)9-14(4)8-11/h11-12,15H,6-10H2,1-5H3. The summed E-state index contributed by atoms with van der Waals surface area (Å²) in [5.41, 5.74) is 0.502. The van der Waals surface area contributed by atoms with Crippen molar-refractivity contribution >= 4 is 8.58 Å². The lowest BCUT2D eigenvalue weighted by molar-refractivity contribution is 0.129. The van der Waals surface area contributed by atoms with E-state index >= 15 is 0 Å². The highest BCUT2D eigenvalue weighted by atomic mass is 31.1. The molecule has 0 aliphatic carbocycles. The molecule has 0 bridgehead atoms. The molecule has 0 N–H and O–H groups in total. The average Bonchev–Trinajstić information content (AvgIpc) is 1.99. The molecule has 0 aromatic heterocycles. The first kappa shape index (κ1) is 13.5. The molecule has 0 radical (unpaired) electrons. The molecule has 1 aliphatic rings. The summed E-state index contributed by atoms with van der Waals surface area (Å²) in [4.78, 5) is 2.55. The summed E-state index contributed by atoms with van der Waals surface area (Å²) >= 11 is 0. The summed E-state index contributed by atoms with van der Waals surface area (Å²) in [6, 6.07) is 0. The molecule has 1 heterocycles. The molecule has 0 saturated carbocycles. The number of hydrogen-bond acceptors (Lipinski definition) is 1. The molecule has 1 fully saturated rings. The number of hydrogen-bond donors (Lipinski definition) is 0. The number of piperidine rings is 1. The Morgan fingerprint density at radius 1 is 1.20 bits per heavy atom. The number of nitrogens with zero attached hydrogens (tertiary/aromatic N) is 1. The van der Waals surface area contributed by atoms with Gasteiger partial charge in [-0.1, -0.05) is 20.8 Å². The predicted octanol–water partition coefficient (Wildman–Crippen LogP) is 3.30. The summed E-state index contributed by atoms with van der Waals surface area (Å²) < 4.78 is 0. The van der Waals surface area contributed by atoms with Crippen molar-refractivity contribution in [3.8, 4) is 0 Å². The molecule has 1 aliphatic heterocycles. The van der Waals surface area contributed by atoms with Crippen LogP contribution in [0.4, 0.5) is 0 Å². The van der Waals surface area contributed by atoms with Crippen molar-refractivity contribution in [3.05, 3.63) is 0 Å². The van der Waals surface area contributed by atoms with Gasteiger partial charge in [-0.05, 0) is 50.0 Å². The van der Waals surface area contributed by atoms with Crippen LogP contribution < -0.4 is 0 Å². The van der Waals surface area contributed by atoms with E-state index in [1.165, 1.54) is 32.1 Å². The first-order valence-electron chi connectivity index (χ1n) is 6.24. The van der Waals surface area contributed by atoms with E-state index in [2.05, 4.69) is 39.4 Å². The molecular weight excluding hydrogens is 201 g/mol. The van der Waals surface area contributed by atoms with Crippen LogP contribution in [-0.4, -0.2) is 37.9 Å². The second-order valence-electron chi connectivity index (χ2n) is 6.51. The minimum Gasteiger partial charge on any atom is -0.306 e. The SMILES string of the molecule is CPCC1CC(CC(C)(C)C)CN(C)C1. The second kappa shape index (κ2) is 5.64. The van der Waals surface area contributed by atoms with Gasteiger partial charge in [-0.25, -0.2) is 0 Å². The van der Waals surface area contributed by atoms with Gasteiger partial charge in [-0.2, -0.15) is 0 Å². The van der Waals surface area contributed by atoms with E-state index in [1.807, 2.05) is 0 Å². The van der Waals surface area contributed by atoms with Crippen LogP contribution in [0.25, 0.3) is 0 Å². The van der Waals surface area contributed by atoms with Gasteiger partial charge in [0.05, 0.1) is 0 Å². The number of rotatable bonds is 3. The third kappa shape index (κ3) is 5.31. The quantitative estimate of drug-likeness (QED) is 0.671.